The van der Waals surface area contributed by atoms with Crippen molar-refractivity contribution in [1.82, 2.24) is 15.0 Å². The molecule has 0 saturated heterocycles. The lowest BCUT2D eigenvalue weighted by atomic mass is 10.3. The Balaban J connectivity index is 2.03. The van der Waals surface area contributed by atoms with Crippen molar-refractivity contribution < 1.29 is 0 Å². The van der Waals surface area contributed by atoms with Gasteiger partial charge in [0.05, 0.1) is 0 Å². The van der Waals surface area contributed by atoms with Crippen molar-refractivity contribution in [3.05, 3.63) is 54.5 Å². The van der Waals surface area contributed by atoms with Crippen molar-refractivity contribution in [2.45, 2.75) is 13.5 Å². The summed E-state index contributed by atoms with van der Waals surface area (Å²) < 4.78 is 0. The maximum atomic E-state index is 4.39. The Morgan fingerprint density at radius 2 is 2.00 bits per heavy atom. The van der Waals surface area contributed by atoms with Gasteiger partial charge in [0.1, 0.15) is 5.82 Å². The molecule has 0 unspecified atom stereocenters. The molecule has 19 heavy (non-hydrogen) atoms. The normalized spacial score (nSPS) is 9.95. The summed E-state index contributed by atoms with van der Waals surface area (Å²) in [5.41, 5.74) is 2.06. The number of hydrogen-bond acceptors (Lipinski definition) is 5. The maximum absolute atomic E-state index is 4.39. The molecule has 0 atom stereocenters. The monoisotopic (exact) mass is 255 g/mol. The minimum atomic E-state index is 0.614. The molecule has 0 radical (unpaired) electrons. The lowest BCUT2D eigenvalue weighted by molar-refractivity contribution is 1.02. The van der Waals surface area contributed by atoms with Crippen molar-refractivity contribution in [1.29, 1.82) is 0 Å². The topological polar surface area (TPSA) is 62.7 Å². The molecular weight excluding hydrogens is 238 g/mol. The molecule has 2 heterocycles. The van der Waals surface area contributed by atoms with Crippen LogP contribution in [-0.2, 0) is 6.54 Å². The predicted molar refractivity (Wildman–Crippen MR) is 77.0 cm³/mol. The van der Waals surface area contributed by atoms with E-state index in [1.165, 1.54) is 0 Å². The highest BCUT2D eigenvalue weighted by atomic mass is 15.1. The first-order chi connectivity index (χ1) is 9.28. The fourth-order valence-corrected chi connectivity index (χ4v) is 1.60. The molecule has 0 bridgehead atoms. The van der Waals surface area contributed by atoms with Gasteiger partial charge in [0, 0.05) is 37.2 Å². The van der Waals surface area contributed by atoms with E-state index in [4.69, 9.17) is 0 Å². The molecule has 0 saturated carbocycles. The van der Waals surface area contributed by atoms with Gasteiger partial charge in [-0.1, -0.05) is 6.08 Å². The number of anilines is 2. The molecule has 0 spiro atoms. The van der Waals surface area contributed by atoms with Crippen LogP contribution in [0.1, 0.15) is 11.3 Å². The standard InChI is InChI=1S/C14H17N5/c1-3-6-16-13-9-11(2)18-14(19-13)17-10-12-4-7-15-8-5-12/h3-5,7-9H,1,6,10H2,2H3,(H2,16,17,18,19). The van der Waals surface area contributed by atoms with Gasteiger partial charge in [-0.05, 0) is 24.6 Å². The summed E-state index contributed by atoms with van der Waals surface area (Å²) in [7, 11) is 0. The van der Waals surface area contributed by atoms with Crippen molar-refractivity contribution in [2.75, 3.05) is 17.2 Å². The third kappa shape index (κ3) is 4.06. The van der Waals surface area contributed by atoms with E-state index in [1.54, 1.807) is 18.5 Å². The Kier molecular flexibility index (Phi) is 4.44. The average molecular weight is 255 g/mol. The summed E-state index contributed by atoms with van der Waals surface area (Å²) in [6.45, 7) is 6.97. The average Bonchev–Trinajstić information content (AvgIpc) is 2.43. The Labute approximate surface area is 112 Å². The van der Waals surface area contributed by atoms with Crippen molar-refractivity contribution in [3.8, 4) is 0 Å². The second-order valence-corrected chi connectivity index (χ2v) is 4.10. The molecule has 5 heteroatoms. The van der Waals surface area contributed by atoms with E-state index in [-0.39, 0.29) is 0 Å². The molecule has 5 nitrogen and oxygen atoms in total. The van der Waals surface area contributed by atoms with Crippen LogP contribution in [0, 0.1) is 6.92 Å². The number of nitrogens with zero attached hydrogens (tertiary/aromatic N) is 3. The number of nitrogens with one attached hydrogen (secondary N) is 2. The molecule has 2 rings (SSSR count). The SMILES string of the molecule is C=CCNc1cc(C)nc(NCc2ccncc2)n1. The van der Waals surface area contributed by atoms with Gasteiger partial charge >= 0.3 is 0 Å². The van der Waals surface area contributed by atoms with E-state index < -0.39 is 0 Å². The van der Waals surface area contributed by atoms with Gasteiger partial charge in [0.15, 0.2) is 0 Å². The first-order valence-corrected chi connectivity index (χ1v) is 6.11. The van der Waals surface area contributed by atoms with Gasteiger partial charge in [-0.3, -0.25) is 4.98 Å². The predicted octanol–water partition coefficient (Wildman–Crippen LogP) is 2.39. The highest BCUT2D eigenvalue weighted by Gasteiger charge is 2.01. The highest BCUT2D eigenvalue weighted by molar-refractivity contribution is 5.42. The van der Waals surface area contributed by atoms with E-state index in [0.29, 0.717) is 19.0 Å². The van der Waals surface area contributed by atoms with E-state index in [9.17, 15) is 0 Å². The third-order valence-corrected chi connectivity index (χ3v) is 2.48. The minimum absolute atomic E-state index is 0.614. The molecule has 2 N–H and O–H groups in total. The number of hydrogen-bond donors (Lipinski definition) is 2. The molecule has 0 aromatic carbocycles. The lowest BCUT2D eigenvalue weighted by Gasteiger charge is -2.08. The second kappa shape index (κ2) is 6.49. The van der Waals surface area contributed by atoms with Crippen LogP contribution in [0.15, 0.2) is 43.2 Å². The van der Waals surface area contributed by atoms with Gasteiger partial charge in [-0.15, -0.1) is 6.58 Å². The number of aryl methyl sites for hydroxylation is 1. The Morgan fingerprint density at radius 1 is 1.21 bits per heavy atom. The summed E-state index contributed by atoms with van der Waals surface area (Å²) in [5, 5.41) is 6.36. The lowest BCUT2D eigenvalue weighted by Crippen LogP contribution is -2.08. The third-order valence-electron chi connectivity index (χ3n) is 2.48. The molecule has 0 aliphatic heterocycles. The van der Waals surface area contributed by atoms with Gasteiger partial charge in [0.2, 0.25) is 5.95 Å². The molecule has 0 aliphatic carbocycles. The molecule has 0 amide bonds. The summed E-state index contributed by atoms with van der Waals surface area (Å²) in [6.07, 6.45) is 5.33. The van der Waals surface area contributed by atoms with E-state index in [2.05, 4.69) is 32.2 Å². The van der Waals surface area contributed by atoms with Crippen molar-refractivity contribution in [2.24, 2.45) is 0 Å². The molecule has 0 fully saturated rings. The van der Waals surface area contributed by atoms with Crippen LogP contribution < -0.4 is 10.6 Å². The largest absolute Gasteiger partial charge is 0.366 e. The molecule has 98 valence electrons. The quantitative estimate of drug-likeness (QED) is 0.776. The highest BCUT2D eigenvalue weighted by Crippen LogP contribution is 2.10. The van der Waals surface area contributed by atoms with Crippen molar-refractivity contribution in [3.63, 3.8) is 0 Å². The Bertz CT molecular complexity index is 539. The first-order valence-electron chi connectivity index (χ1n) is 6.11. The van der Waals surface area contributed by atoms with Crippen LogP contribution >= 0.6 is 0 Å². The van der Waals surface area contributed by atoms with E-state index in [1.807, 2.05) is 25.1 Å². The number of pyridine rings is 1. The molecule has 0 aliphatic rings. The zero-order valence-corrected chi connectivity index (χ0v) is 10.9. The van der Waals surface area contributed by atoms with Crippen LogP contribution in [0.5, 0.6) is 0 Å². The van der Waals surface area contributed by atoms with Crippen LogP contribution in [0.2, 0.25) is 0 Å². The Morgan fingerprint density at radius 3 is 2.74 bits per heavy atom. The fraction of sp³-hybridized carbons (Fsp3) is 0.214. The van der Waals surface area contributed by atoms with Gasteiger partial charge in [-0.25, -0.2) is 4.98 Å². The zero-order valence-electron chi connectivity index (χ0n) is 10.9. The number of rotatable bonds is 6. The number of aromatic nitrogens is 3. The van der Waals surface area contributed by atoms with Gasteiger partial charge in [0.25, 0.3) is 0 Å². The second-order valence-electron chi connectivity index (χ2n) is 4.10. The summed E-state index contributed by atoms with van der Waals surface area (Å²) in [4.78, 5) is 12.7. The molecular formula is C14H17N5. The fourth-order valence-electron chi connectivity index (χ4n) is 1.60. The van der Waals surface area contributed by atoms with Crippen LogP contribution in [0.25, 0.3) is 0 Å². The van der Waals surface area contributed by atoms with Crippen LogP contribution in [0.3, 0.4) is 0 Å². The first kappa shape index (κ1) is 13.0. The van der Waals surface area contributed by atoms with Crippen LogP contribution in [-0.4, -0.2) is 21.5 Å². The van der Waals surface area contributed by atoms with Crippen LogP contribution in [0.4, 0.5) is 11.8 Å². The van der Waals surface area contributed by atoms with Gasteiger partial charge in [-0.2, -0.15) is 4.98 Å². The molecule has 2 aromatic heterocycles. The summed E-state index contributed by atoms with van der Waals surface area (Å²) >= 11 is 0. The van der Waals surface area contributed by atoms with Crippen molar-refractivity contribution >= 4 is 11.8 Å². The van der Waals surface area contributed by atoms with E-state index in [0.717, 1.165) is 17.1 Å². The smallest absolute Gasteiger partial charge is 0.225 e. The summed E-state index contributed by atoms with van der Waals surface area (Å²) in [6, 6.07) is 5.82. The zero-order chi connectivity index (χ0) is 13.5. The van der Waals surface area contributed by atoms with Gasteiger partial charge < -0.3 is 10.6 Å². The Hall–Kier alpha value is -2.43. The summed E-state index contributed by atoms with van der Waals surface area (Å²) in [5.74, 6) is 1.41. The van der Waals surface area contributed by atoms with E-state index >= 15 is 0 Å². The maximum Gasteiger partial charge on any atom is 0.225 e. The minimum Gasteiger partial charge on any atom is -0.366 e. The molecule has 2 aromatic rings.